The number of hydrogen-bond donors (Lipinski definition) is 1. The Morgan fingerprint density at radius 3 is 2.63 bits per heavy atom. The number of aryl methyl sites for hydroxylation is 1. The van der Waals surface area contributed by atoms with E-state index >= 15 is 0 Å². The highest BCUT2D eigenvalue weighted by molar-refractivity contribution is 6.42. The Kier molecular flexibility index (Phi) is 8.20. The smallest absolute Gasteiger partial charge is 0.250 e. The zero-order valence-corrected chi connectivity index (χ0v) is 17.5. The zero-order chi connectivity index (χ0) is 19.8. The molecular formula is C20H26Cl2N4O. The van der Waals surface area contributed by atoms with Crippen LogP contribution < -0.4 is 10.9 Å². The first-order chi connectivity index (χ1) is 12.9. The summed E-state index contributed by atoms with van der Waals surface area (Å²) in [6.45, 7) is 4.15. The van der Waals surface area contributed by atoms with Crippen LogP contribution in [0.2, 0.25) is 10.0 Å². The number of aromatic nitrogens is 1. The molecule has 146 valence electrons. The number of nitrogens with zero attached hydrogens (tertiary/aromatic N) is 3. The minimum atomic E-state index is 0.0557. The van der Waals surface area contributed by atoms with Gasteiger partial charge in [0, 0.05) is 45.5 Å². The third-order valence-electron chi connectivity index (χ3n) is 4.34. The lowest BCUT2D eigenvalue weighted by Gasteiger charge is -2.22. The molecule has 1 N–H and O–H groups in total. The summed E-state index contributed by atoms with van der Waals surface area (Å²) in [7, 11) is 3.74. The molecule has 1 aromatic carbocycles. The van der Waals surface area contributed by atoms with Crippen LogP contribution in [0.5, 0.6) is 0 Å². The number of halogens is 2. The van der Waals surface area contributed by atoms with Gasteiger partial charge in [0.25, 0.3) is 5.56 Å². The SMILES string of the molecule is CN=C(NCCCCn1c(C)cccc1=O)N(C)Cc1ccc(Cl)c(Cl)c1. The normalized spacial score (nSPS) is 11.5. The summed E-state index contributed by atoms with van der Waals surface area (Å²) in [6, 6.07) is 11.0. The number of benzene rings is 1. The molecule has 0 amide bonds. The topological polar surface area (TPSA) is 49.6 Å². The number of nitrogens with one attached hydrogen (secondary N) is 1. The molecule has 0 aliphatic heterocycles. The van der Waals surface area contributed by atoms with E-state index < -0.39 is 0 Å². The van der Waals surface area contributed by atoms with Crippen LogP contribution in [0.15, 0.2) is 46.2 Å². The van der Waals surface area contributed by atoms with E-state index in [4.69, 9.17) is 23.2 Å². The molecule has 5 nitrogen and oxygen atoms in total. The summed E-state index contributed by atoms with van der Waals surface area (Å²) in [5.41, 5.74) is 2.11. The van der Waals surface area contributed by atoms with Gasteiger partial charge in [0.1, 0.15) is 0 Å². The third-order valence-corrected chi connectivity index (χ3v) is 5.08. The minimum absolute atomic E-state index is 0.0557. The fraction of sp³-hybridized carbons (Fsp3) is 0.400. The summed E-state index contributed by atoms with van der Waals surface area (Å²) >= 11 is 12.0. The second-order valence-corrected chi connectivity index (χ2v) is 7.26. The lowest BCUT2D eigenvalue weighted by Crippen LogP contribution is -2.39. The van der Waals surface area contributed by atoms with Crippen molar-refractivity contribution in [2.75, 3.05) is 20.6 Å². The molecule has 0 aliphatic rings. The molecule has 2 rings (SSSR count). The van der Waals surface area contributed by atoms with Crippen molar-refractivity contribution in [3.8, 4) is 0 Å². The average Bonchev–Trinajstić information content (AvgIpc) is 2.63. The second kappa shape index (κ2) is 10.4. The molecule has 0 fully saturated rings. The van der Waals surface area contributed by atoms with Gasteiger partial charge in [-0.05, 0) is 43.5 Å². The Morgan fingerprint density at radius 2 is 1.96 bits per heavy atom. The van der Waals surface area contributed by atoms with Crippen molar-refractivity contribution in [2.45, 2.75) is 32.9 Å². The maximum atomic E-state index is 11.9. The molecule has 0 saturated heterocycles. The van der Waals surface area contributed by atoms with E-state index in [-0.39, 0.29) is 5.56 Å². The Labute approximate surface area is 170 Å². The standard InChI is InChI=1S/C20H26Cl2N4O/c1-15-7-6-8-19(27)26(15)12-5-4-11-24-20(23-2)25(3)14-16-9-10-17(21)18(22)13-16/h6-10,13H,4-5,11-12,14H2,1-3H3,(H,23,24). The molecule has 0 radical (unpaired) electrons. The highest BCUT2D eigenvalue weighted by Crippen LogP contribution is 2.23. The molecule has 0 spiro atoms. The number of guanidine groups is 1. The van der Waals surface area contributed by atoms with Gasteiger partial charge in [0.05, 0.1) is 10.0 Å². The average molecular weight is 409 g/mol. The van der Waals surface area contributed by atoms with Crippen LogP contribution in [0.4, 0.5) is 0 Å². The molecule has 1 heterocycles. The second-order valence-electron chi connectivity index (χ2n) is 6.44. The van der Waals surface area contributed by atoms with Crippen LogP contribution in [0, 0.1) is 6.92 Å². The first-order valence-corrected chi connectivity index (χ1v) is 9.70. The Balaban J connectivity index is 1.79. The molecular weight excluding hydrogens is 383 g/mol. The molecule has 7 heteroatoms. The highest BCUT2D eigenvalue weighted by Gasteiger charge is 2.08. The van der Waals surface area contributed by atoms with Crippen molar-refractivity contribution in [1.29, 1.82) is 0 Å². The molecule has 0 unspecified atom stereocenters. The van der Waals surface area contributed by atoms with Crippen LogP contribution in [0.1, 0.15) is 24.1 Å². The first-order valence-electron chi connectivity index (χ1n) is 8.94. The highest BCUT2D eigenvalue weighted by atomic mass is 35.5. The zero-order valence-electron chi connectivity index (χ0n) is 16.0. The van der Waals surface area contributed by atoms with Crippen molar-refractivity contribution in [1.82, 2.24) is 14.8 Å². The van der Waals surface area contributed by atoms with E-state index in [0.717, 1.165) is 43.1 Å². The van der Waals surface area contributed by atoms with Gasteiger partial charge in [0.15, 0.2) is 5.96 Å². The van der Waals surface area contributed by atoms with Crippen LogP contribution >= 0.6 is 23.2 Å². The lowest BCUT2D eigenvalue weighted by atomic mass is 10.2. The van der Waals surface area contributed by atoms with Crippen LogP contribution in [-0.2, 0) is 13.1 Å². The van der Waals surface area contributed by atoms with Crippen molar-refractivity contribution in [2.24, 2.45) is 4.99 Å². The van der Waals surface area contributed by atoms with Gasteiger partial charge >= 0.3 is 0 Å². The van der Waals surface area contributed by atoms with Gasteiger partial charge in [-0.25, -0.2) is 0 Å². The van der Waals surface area contributed by atoms with Crippen LogP contribution in [0.3, 0.4) is 0 Å². The summed E-state index contributed by atoms with van der Waals surface area (Å²) < 4.78 is 1.81. The molecule has 1 aromatic heterocycles. The maximum Gasteiger partial charge on any atom is 0.250 e. The van der Waals surface area contributed by atoms with Gasteiger partial charge in [-0.1, -0.05) is 35.3 Å². The summed E-state index contributed by atoms with van der Waals surface area (Å²) in [5.74, 6) is 0.814. The lowest BCUT2D eigenvalue weighted by molar-refractivity contribution is 0.472. The number of unbranched alkanes of at least 4 members (excludes halogenated alkanes) is 1. The fourth-order valence-electron chi connectivity index (χ4n) is 2.88. The quantitative estimate of drug-likeness (QED) is 0.428. The van der Waals surface area contributed by atoms with Crippen molar-refractivity contribution in [3.05, 3.63) is 68.1 Å². The van der Waals surface area contributed by atoms with Gasteiger partial charge < -0.3 is 14.8 Å². The van der Waals surface area contributed by atoms with Crippen LogP contribution in [0.25, 0.3) is 0 Å². The van der Waals surface area contributed by atoms with Gasteiger partial charge in [-0.3, -0.25) is 9.79 Å². The summed E-state index contributed by atoms with van der Waals surface area (Å²) in [4.78, 5) is 18.2. The van der Waals surface area contributed by atoms with Crippen molar-refractivity contribution < 1.29 is 0 Å². The Morgan fingerprint density at radius 1 is 1.19 bits per heavy atom. The van der Waals surface area contributed by atoms with E-state index in [0.29, 0.717) is 16.6 Å². The molecule has 2 aromatic rings. The predicted octanol–water partition coefficient (Wildman–Crippen LogP) is 3.95. The van der Waals surface area contributed by atoms with Crippen molar-refractivity contribution in [3.63, 3.8) is 0 Å². The minimum Gasteiger partial charge on any atom is -0.356 e. The molecule has 0 aliphatic carbocycles. The number of pyridine rings is 1. The molecule has 0 atom stereocenters. The molecule has 0 bridgehead atoms. The van der Waals surface area contributed by atoms with E-state index in [2.05, 4.69) is 10.3 Å². The van der Waals surface area contributed by atoms with Gasteiger partial charge in [0.2, 0.25) is 0 Å². The summed E-state index contributed by atoms with van der Waals surface area (Å²) in [5, 5.41) is 4.47. The maximum absolute atomic E-state index is 11.9. The summed E-state index contributed by atoms with van der Waals surface area (Å²) in [6.07, 6.45) is 1.87. The first kappa shape index (κ1) is 21.3. The van der Waals surface area contributed by atoms with Crippen molar-refractivity contribution >= 4 is 29.2 Å². The fourth-order valence-corrected chi connectivity index (χ4v) is 3.20. The molecule has 0 saturated carbocycles. The van der Waals surface area contributed by atoms with Crippen LogP contribution in [-0.4, -0.2) is 36.1 Å². The van der Waals surface area contributed by atoms with Gasteiger partial charge in [-0.2, -0.15) is 0 Å². The van der Waals surface area contributed by atoms with E-state index in [1.807, 2.05) is 41.6 Å². The van der Waals surface area contributed by atoms with E-state index in [1.54, 1.807) is 25.2 Å². The van der Waals surface area contributed by atoms with E-state index in [1.165, 1.54) is 0 Å². The Hall–Kier alpha value is -1.98. The van der Waals surface area contributed by atoms with Gasteiger partial charge in [-0.15, -0.1) is 0 Å². The third kappa shape index (κ3) is 6.29. The monoisotopic (exact) mass is 408 g/mol. The number of rotatable bonds is 7. The molecule has 27 heavy (non-hydrogen) atoms. The van der Waals surface area contributed by atoms with E-state index in [9.17, 15) is 4.79 Å². The Bertz CT molecular complexity index is 848. The largest absolute Gasteiger partial charge is 0.356 e. The number of aliphatic imine (C=N–C) groups is 1. The predicted molar refractivity (Wildman–Crippen MR) is 114 cm³/mol. The number of hydrogen-bond acceptors (Lipinski definition) is 2.